The Morgan fingerprint density at radius 3 is 2.22 bits per heavy atom. The van der Waals surface area contributed by atoms with Crippen LogP contribution in [-0.2, 0) is 14.4 Å². The Labute approximate surface area is 53.0 Å². The zero-order valence-electron chi connectivity index (χ0n) is 5.14. The van der Waals surface area contributed by atoms with Gasteiger partial charge in [0.2, 0.25) is 12.1 Å². The smallest absolute Gasteiger partial charge is 0.206 e. The molecule has 0 amide bonds. The lowest BCUT2D eigenvalue weighted by atomic mass is 10.2. The van der Waals surface area contributed by atoms with Gasteiger partial charge in [0.15, 0.2) is 5.78 Å². The van der Waals surface area contributed by atoms with Gasteiger partial charge in [-0.1, -0.05) is 6.92 Å². The van der Waals surface area contributed by atoms with Crippen molar-refractivity contribution in [2.24, 2.45) is 0 Å². The molecule has 0 aromatic rings. The molecule has 0 saturated heterocycles. The van der Waals surface area contributed by atoms with E-state index in [-0.39, 0.29) is 6.42 Å². The summed E-state index contributed by atoms with van der Waals surface area (Å²) in [5.41, 5.74) is 0. The molecule has 0 aromatic carbocycles. The number of Topliss-reactive ketones (excluding diaryl/α,β-unsaturated/α-hetero) is 2. The number of ketones is 2. The van der Waals surface area contributed by atoms with E-state index in [1.165, 1.54) is 6.29 Å². The van der Waals surface area contributed by atoms with Crippen LogP contribution in [0.25, 0.3) is 0 Å². The van der Waals surface area contributed by atoms with E-state index >= 15 is 0 Å². The second-order valence-corrected chi connectivity index (χ2v) is 1.52. The lowest BCUT2D eigenvalue weighted by molar-refractivity contribution is -0.135. The summed E-state index contributed by atoms with van der Waals surface area (Å²) < 4.78 is 0. The molecule has 49 valence electrons. The fraction of sp³-hybridized carbons (Fsp3) is 0.500. The van der Waals surface area contributed by atoms with Gasteiger partial charge in [0.05, 0.1) is 6.42 Å². The lowest BCUT2D eigenvalue weighted by Gasteiger charge is -1.86. The first-order valence-electron chi connectivity index (χ1n) is 2.63. The minimum absolute atomic E-state index is 0.167. The molecule has 0 aromatic heterocycles. The van der Waals surface area contributed by atoms with Crippen LogP contribution in [0.3, 0.4) is 0 Å². The van der Waals surface area contributed by atoms with Gasteiger partial charge in [-0.25, -0.2) is 0 Å². The van der Waals surface area contributed by atoms with Crippen LogP contribution in [0, 0.1) is 0 Å². The van der Waals surface area contributed by atoms with E-state index in [4.69, 9.17) is 0 Å². The Hall–Kier alpha value is -0.990. The molecule has 0 saturated carbocycles. The van der Waals surface area contributed by atoms with Gasteiger partial charge in [-0.3, -0.25) is 14.4 Å². The third-order valence-electron chi connectivity index (χ3n) is 0.865. The van der Waals surface area contributed by atoms with Gasteiger partial charge in [0, 0.05) is 6.42 Å². The summed E-state index contributed by atoms with van der Waals surface area (Å²) in [6.07, 6.45) is 1.13. The molecule has 0 bridgehead atoms. The highest BCUT2D eigenvalue weighted by molar-refractivity contribution is 6.39. The van der Waals surface area contributed by atoms with E-state index < -0.39 is 18.0 Å². The van der Waals surface area contributed by atoms with Crippen molar-refractivity contribution in [2.45, 2.75) is 19.8 Å². The normalized spacial score (nSPS) is 8.56. The van der Waals surface area contributed by atoms with Crippen molar-refractivity contribution in [1.29, 1.82) is 0 Å². The van der Waals surface area contributed by atoms with Crippen LogP contribution in [0.15, 0.2) is 0 Å². The third-order valence-corrected chi connectivity index (χ3v) is 0.865. The zero-order valence-corrected chi connectivity index (χ0v) is 5.14. The summed E-state index contributed by atoms with van der Waals surface area (Å²) in [7, 11) is 0. The minimum Gasteiger partial charge on any atom is -0.291 e. The van der Waals surface area contributed by atoms with E-state index in [1.54, 1.807) is 6.92 Å². The predicted molar refractivity (Wildman–Crippen MR) is 30.6 cm³/mol. The summed E-state index contributed by atoms with van der Waals surface area (Å²) in [4.78, 5) is 30.3. The van der Waals surface area contributed by atoms with E-state index in [0.717, 1.165) is 0 Å². The van der Waals surface area contributed by atoms with Crippen molar-refractivity contribution in [3.05, 3.63) is 0 Å². The summed E-state index contributed by atoms with van der Waals surface area (Å²) in [5.74, 6) is -1.15. The van der Waals surface area contributed by atoms with Crippen molar-refractivity contribution in [3.63, 3.8) is 0 Å². The predicted octanol–water partition coefficient (Wildman–Crippen LogP) is 0.0344. The number of carbonyl (C=O) groups excluding carboxylic acids is 3. The third kappa shape index (κ3) is 2.74. The Kier molecular flexibility index (Phi) is 3.51. The van der Waals surface area contributed by atoms with Crippen molar-refractivity contribution in [3.8, 4) is 0 Å². The molecule has 0 unspecified atom stereocenters. The molecular weight excluding hydrogens is 120 g/mol. The lowest BCUT2D eigenvalue weighted by Crippen LogP contribution is -2.11. The molecule has 0 spiro atoms. The highest BCUT2D eigenvalue weighted by atomic mass is 16.2. The standard InChI is InChI=1S/C6H7O3/c1-2-5(8)6(9)3-4-7/h2-3H2,1H3. The number of rotatable bonds is 4. The quantitative estimate of drug-likeness (QED) is 0.395. The highest BCUT2D eigenvalue weighted by Crippen LogP contribution is 1.85. The van der Waals surface area contributed by atoms with E-state index in [0.29, 0.717) is 0 Å². The van der Waals surface area contributed by atoms with Crippen molar-refractivity contribution in [1.82, 2.24) is 0 Å². The maximum absolute atomic E-state index is 10.4. The first-order chi connectivity index (χ1) is 4.22. The molecular formula is C6H7O3. The van der Waals surface area contributed by atoms with Crippen LogP contribution in [0.2, 0.25) is 0 Å². The SMILES string of the molecule is CCC(=O)C(=O)C[C]=O. The van der Waals surface area contributed by atoms with Crippen molar-refractivity contribution in [2.75, 3.05) is 0 Å². The molecule has 0 heterocycles. The van der Waals surface area contributed by atoms with Gasteiger partial charge in [0.1, 0.15) is 0 Å². The molecule has 0 rings (SSSR count). The number of hydrogen-bond donors (Lipinski definition) is 0. The molecule has 9 heavy (non-hydrogen) atoms. The second kappa shape index (κ2) is 3.95. The van der Waals surface area contributed by atoms with Gasteiger partial charge in [-0.05, 0) is 0 Å². The molecule has 0 fully saturated rings. The maximum Gasteiger partial charge on any atom is 0.206 e. The summed E-state index contributed by atoms with van der Waals surface area (Å²) >= 11 is 0. The summed E-state index contributed by atoms with van der Waals surface area (Å²) in [5, 5.41) is 0. The monoisotopic (exact) mass is 127 g/mol. The topological polar surface area (TPSA) is 51.2 Å². The fourth-order valence-corrected chi connectivity index (χ4v) is 0.361. The van der Waals surface area contributed by atoms with E-state index in [1.807, 2.05) is 0 Å². The number of hydrogen-bond acceptors (Lipinski definition) is 3. The van der Waals surface area contributed by atoms with Crippen LogP contribution < -0.4 is 0 Å². The molecule has 0 aliphatic rings. The van der Waals surface area contributed by atoms with E-state index in [2.05, 4.69) is 0 Å². The first-order valence-corrected chi connectivity index (χ1v) is 2.63. The van der Waals surface area contributed by atoms with E-state index in [9.17, 15) is 14.4 Å². The molecule has 0 atom stereocenters. The Bertz CT molecular complexity index is 137. The molecule has 1 radical (unpaired) electrons. The summed E-state index contributed by atoms with van der Waals surface area (Å²) in [6, 6.07) is 0. The largest absolute Gasteiger partial charge is 0.291 e. The second-order valence-electron chi connectivity index (χ2n) is 1.52. The van der Waals surface area contributed by atoms with Crippen LogP contribution in [0.4, 0.5) is 0 Å². The maximum atomic E-state index is 10.4. The highest BCUT2D eigenvalue weighted by Gasteiger charge is 2.09. The molecule has 3 heteroatoms. The average Bonchev–Trinajstić information content (AvgIpc) is 1.87. The minimum atomic E-state index is -0.646. The van der Waals surface area contributed by atoms with Gasteiger partial charge in [0.25, 0.3) is 0 Å². The van der Waals surface area contributed by atoms with Crippen molar-refractivity contribution >= 4 is 17.9 Å². The van der Waals surface area contributed by atoms with Gasteiger partial charge >= 0.3 is 0 Å². The first kappa shape index (κ1) is 8.01. The van der Waals surface area contributed by atoms with Gasteiger partial charge in [-0.2, -0.15) is 0 Å². The van der Waals surface area contributed by atoms with Gasteiger partial charge < -0.3 is 0 Å². The zero-order chi connectivity index (χ0) is 7.28. The summed E-state index contributed by atoms with van der Waals surface area (Å²) in [6.45, 7) is 1.57. The molecule has 0 aliphatic heterocycles. The Balaban J connectivity index is 3.73. The molecule has 0 aliphatic carbocycles. The Morgan fingerprint density at radius 1 is 1.33 bits per heavy atom. The van der Waals surface area contributed by atoms with Crippen molar-refractivity contribution < 1.29 is 14.4 Å². The van der Waals surface area contributed by atoms with Crippen LogP contribution >= 0.6 is 0 Å². The Morgan fingerprint density at radius 2 is 1.89 bits per heavy atom. The molecule has 0 N–H and O–H groups in total. The fourth-order valence-electron chi connectivity index (χ4n) is 0.361. The average molecular weight is 127 g/mol. The number of carbonyl (C=O) groups is 2. The van der Waals surface area contributed by atoms with Crippen LogP contribution in [0.5, 0.6) is 0 Å². The van der Waals surface area contributed by atoms with Crippen LogP contribution in [-0.4, -0.2) is 17.9 Å². The van der Waals surface area contributed by atoms with Gasteiger partial charge in [-0.15, -0.1) is 0 Å². The molecule has 3 nitrogen and oxygen atoms in total. The van der Waals surface area contributed by atoms with Crippen LogP contribution in [0.1, 0.15) is 19.8 Å².